The van der Waals surface area contributed by atoms with Gasteiger partial charge in [0.1, 0.15) is 17.9 Å². The Morgan fingerprint density at radius 1 is 1.43 bits per heavy atom. The predicted molar refractivity (Wildman–Crippen MR) is 88.2 cm³/mol. The van der Waals surface area contributed by atoms with Crippen LogP contribution in [-0.2, 0) is 0 Å². The van der Waals surface area contributed by atoms with Gasteiger partial charge in [0.2, 0.25) is 5.71 Å². The summed E-state index contributed by atoms with van der Waals surface area (Å²) in [6.07, 6.45) is 8.98. The van der Waals surface area contributed by atoms with Crippen molar-refractivity contribution in [1.29, 1.82) is 0 Å². The molecule has 2 aromatic heterocycles. The van der Waals surface area contributed by atoms with Gasteiger partial charge >= 0.3 is 0 Å². The number of fused-ring (bicyclic) bond motifs is 1. The van der Waals surface area contributed by atoms with Gasteiger partial charge in [0.05, 0.1) is 16.5 Å². The number of carbonyl (C=O) groups is 1. The van der Waals surface area contributed by atoms with Crippen molar-refractivity contribution in [3.8, 4) is 12.3 Å². The van der Waals surface area contributed by atoms with Crippen molar-refractivity contribution in [2.45, 2.75) is 51.6 Å². The zero-order valence-corrected chi connectivity index (χ0v) is 13.8. The van der Waals surface area contributed by atoms with Gasteiger partial charge in [0, 0.05) is 5.54 Å². The molecule has 0 radical (unpaired) electrons. The van der Waals surface area contributed by atoms with Gasteiger partial charge in [-0.1, -0.05) is 5.92 Å². The van der Waals surface area contributed by atoms with Crippen molar-refractivity contribution >= 4 is 22.8 Å². The van der Waals surface area contributed by atoms with E-state index >= 15 is 0 Å². The maximum absolute atomic E-state index is 12.6. The molecular formula is C17H20N4O2. The first kappa shape index (κ1) is 15.3. The highest BCUT2D eigenvalue weighted by atomic mass is 16.3. The van der Waals surface area contributed by atoms with E-state index in [4.69, 9.17) is 10.8 Å². The fourth-order valence-corrected chi connectivity index (χ4v) is 2.29. The molecule has 1 aliphatic rings. The largest absolute Gasteiger partial charge is 0.445 e. The van der Waals surface area contributed by atoms with Crippen LogP contribution in [0.4, 0.5) is 5.82 Å². The molecule has 3 rings (SSSR count). The number of terminal acetylenes is 1. The van der Waals surface area contributed by atoms with E-state index in [2.05, 4.69) is 33.4 Å². The van der Waals surface area contributed by atoms with Crippen LogP contribution < -0.4 is 10.6 Å². The number of anilines is 1. The summed E-state index contributed by atoms with van der Waals surface area (Å²) in [6.45, 7) is 7.44. The molecular weight excluding hydrogens is 292 g/mol. The summed E-state index contributed by atoms with van der Waals surface area (Å²) in [7, 11) is 0. The molecule has 1 fully saturated rings. The predicted octanol–water partition coefficient (Wildman–Crippen LogP) is 2.64. The maximum Gasteiger partial charge on any atom is 0.256 e. The summed E-state index contributed by atoms with van der Waals surface area (Å²) in [4.78, 5) is 21.3. The van der Waals surface area contributed by atoms with Crippen LogP contribution in [0, 0.1) is 19.3 Å². The average Bonchev–Trinajstić information content (AvgIpc) is 3.02. The lowest BCUT2D eigenvalue weighted by molar-refractivity contribution is 0.0930. The lowest BCUT2D eigenvalue weighted by atomic mass is 10.1. The minimum absolute atomic E-state index is 0.0246. The number of amides is 1. The SMILES string of the molecule is C#CC(C)(C)NC(=O)c1coc2nc(C)nc(NC3(C)CC3)c12. The van der Waals surface area contributed by atoms with Gasteiger partial charge in [0.25, 0.3) is 5.91 Å². The molecule has 0 aromatic carbocycles. The normalized spacial score (nSPS) is 16.0. The number of carbonyl (C=O) groups excluding carboxylic acids is 1. The number of aromatic nitrogens is 2. The number of nitrogens with one attached hydrogen (secondary N) is 2. The van der Waals surface area contributed by atoms with E-state index in [1.165, 1.54) is 6.26 Å². The topological polar surface area (TPSA) is 80.1 Å². The number of hydrogen-bond acceptors (Lipinski definition) is 5. The molecule has 0 unspecified atom stereocenters. The lowest BCUT2D eigenvalue weighted by Gasteiger charge is -2.19. The monoisotopic (exact) mass is 312 g/mol. The minimum Gasteiger partial charge on any atom is -0.445 e. The fourth-order valence-electron chi connectivity index (χ4n) is 2.29. The van der Waals surface area contributed by atoms with Crippen molar-refractivity contribution in [2.75, 3.05) is 5.32 Å². The number of rotatable bonds is 4. The van der Waals surface area contributed by atoms with Gasteiger partial charge in [0.15, 0.2) is 0 Å². The maximum atomic E-state index is 12.6. The molecule has 120 valence electrons. The van der Waals surface area contributed by atoms with Gasteiger partial charge in [-0.15, -0.1) is 6.42 Å². The Kier molecular flexibility index (Phi) is 3.33. The number of nitrogens with zero attached hydrogens (tertiary/aromatic N) is 2. The van der Waals surface area contributed by atoms with Crippen molar-refractivity contribution in [3.63, 3.8) is 0 Å². The molecule has 6 nitrogen and oxygen atoms in total. The van der Waals surface area contributed by atoms with E-state index in [0.29, 0.717) is 28.3 Å². The fraction of sp³-hybridized carbons (Fsp3) is 0.471. The van der Waals surface area contributed by atoms with Crippen LogP contribution in [0.1, 0.15) is 49.8 Å². The van der Waals surface area contributed by atoms with E-state index < -0.39 is 5.54 Å². The van der Waals surface area contributed by atoms with Crippen molar-refractivity contribution in [1.82, 2.24) is 15.3 Å². The van der Waals surface area contributed by atoms with Gasteiger partial charge in [-0.3, -0.25) is 4.79 Å². The summed E-state index contributed by atoms with van der Waals surface area (Å²) in [5.41, 5.74) is 0.0574. The molecule has 2 aromatic rings. The van der Waals surface area contributed by atoms with Crippen LogP contribution in [0.15, 0.2) is 10.7 Å². The van der Waals surface area contributed by atoms with Gasteiger partial charge < -0.3 is 15.1 Å². The van der Waals surface area contributed by atoms with Gasteiger partial charge in [-0.25, -0.2) is 4.98 Å². The summed E-state index contributed by atoms with van der Waals surface area (Å²) in [5, 5.41) is 6.80. The van der Waals surface area contributed by atoms with E-state index in [9.17, 15) is 4.79 Å². The Hall–Kier alpha value is -2.55. The highest BCUT2D eigenvalue weighted by molar-refractivity contribution is 6.09. The number of furan rings is 1. The molecule has 0 bridgehead atoms. The molecule has 2 N–H and O–H groups in total. The van der Waals surface area contributed by atoms with Crippen LogP contribution in [0.25, 0.3) is 11.1 Å². The molecule has 1 aliphatic carbocycles. The molecule has 0 atom stereocenters. The zero-order valence-electron chi connectivity index (χ0n) is 13.8. The average molecular weight is 312 g/mol. The Bertz CT molecular complexity index is 825. The van der Waals surface area contributed by atoms with Crippen molar-refractivity contribution < 1.29 is 9.21 Å². The summed E-state index contributed by atoms with van der Waals surface area (Å²) < 4.78 is 5.47. The van der Waals surface area contributed by atoms with E-state index in [1.54, 1.807) is 20.8 Å². The lowest BCUT2D eigenvalue weighted by Crippen LogP contribution is -2.42. The van der Waals surface area contributed by atoms with Crippen LogP contribution in [0.2, 0.25) is 0 Å². The van der Waals surface area contributed by atoms with Crippen LogP contribution in [0.5, 0.6) is 0 Å². The Morgan fingerprint density at radius 3 is 2.74 bits per heavy atom. The highest BCUT2D eigenvalue weighted by Gasteiger charge is 2.38. The van der Waals surface area contributed by atoms with Crippen LogP contribution in [-0.4, -0.2) is 27.0 Å². The van der Waals surface area contributed by atoms with E-state index in [-0.39, 0.29) is 11.4 Å². The summed E-state index contributed by atoms with van der Waals surface area (Å²) in [5.74, 6) is 3.46. The third-order valence-corrected chi connectivity index (χ3v) is 4.00. The Morgan fingerprint density at radius 2 is 2.13 bits per heavy atom. The summed E-state index contributed by atoms with van der Waals surface area (Å²) >= 11 is 0. The third-order valence-electron chi connectivity index (χ3n) is 4.00. The van der Waals surface area contributed by atoms with E-state index in [1.807, 2.05) is 0 Å². The molecule has 1 saturated carbocycles. The summed E-state index contributed by atoms with van der Waals surface area (Å²) in [6, 6.07) is 0. The zero-order chi connectivity index (χ0) is 16.8. The molecule has 23 heavy (non-hydrogen) atoms. The second-order valence-corrected chi connectivity index (χ2v) is 6.86. The molecule has 1 amide bonds. The van der Waals surface area contributed by atoms with Gasteiger partial charge in [-0.2, -0.15) is 4.98 Å². The standard InChI is InChI=1S/C17H20N4O2/c1-6-16(3,4)21-14(22)11-9-23-15-12(11)13(18-10(2)19-15)20-17(5)7-8-17/h1,9H,7-8H2,2-5H3,(H,21,22)(H,18,19,20). The molecule has 2 heterocycles. The molecule has 0 saturated heterocycles. The van der Waals surface area contributed by atoms with Crippen molar-refractivity contribution in [2.24, 2.45) is 0 Å². The van der Waals surface area contributed by atoms with Gasteiger partial charge in [-0.05, 0) is 40.5 Å². The molecule has 6 heteroatoms. The van der Waals surface area contributed by atoms with Crippen molar-refractivity contribution in [3.05, 3.63) is 17.7 Å². The number of aryl methyl sites for hydroxylation is 1. The second kappa shape index (κ2) is 4.98. The van der Waals surface area contributed by atoms with E-state index in [0.717, 1.165) is 12.8 Å². The third kappa shape index (κ3) is 3.00. The minimum atomic E-state index is -0.748. The number of hydrogen-bond donors (Lipinski definition) is 2. The first-order valence-electron chi connectivity index (χ1n) is 7.57. The quantitative estimate of drug-likeness (QED) is 0.848. The molecule has 0 spiro atoms. The van der Waals surface area contributed by atoms with Crippen LogP contribution >= 0.6 is 0 Å². The Balaban J connectivity index is 2.04. The smallest absolute Gasteiger partial charge is 0.256 e. The second-order valence-electron chi connectivity index (χ2n) is 6.86. The van der Waals surface area contributed by atoms with Crippen LogP contribution in [0.3, 0.4) is 0 Å². The first-order chi connectivity index (χ1) is 10.7. The molecule has 0 aliphatic heterocycles. The highest BCUT2D eigenvalue weighted by Crippen LogP contribution is 2.39. The Labute approximate surface area is 135 Å². The first-order valence-corrected chi connectivity index (χ1v) is 7.57.